The maximum atomic E-state index is 10.2. The van der Waals surface area contributed by atoms with Gasteiger partial charge in [-0.15, -0.1) is 0 Å². The molecule has 3 aromatic rings. The summed E-state index contributed by atoms with van der Waals surface area (Å²) in [6, 6.07) is 3.93. The lowest BCUT2D eigenvalue weighted by Crippen LogP contribution is -2.42. The third-order valence-electron chi connectivity index (χ3n) is 6.65. The summed E-state index contributed by atoms with van der Waals surface area (Å²) in [5.74, 6) is 0.538. The molecular formula is C22H27ClN6O. The Kier molecular flexibility index (Phi) is 4.63. The van der Waals surface area contributed by atoms with Crippen LogP contribution in [0.15, 0.2) is 30.7 Å². The number of fused-ring (bicyclic) bond motifs is 1. The molecule has 1 saturated carbocycles. The van der Waals surface area contributed by atoms with E-state index < -0.39 is 5.60 Å². The molecule has 2 N–H and O–H groups in total. The second-order valence-corrected chi connectivity index (χ2v) is 9.60. The number of benzene rings is 1. The van der Waals surface area contributed by atoms with Gasteiger partial charge in [-0.3, -0.25) is 4.68 Å². The first-order chi connectivity index (χ1) is 14.3. The van der Waals surface area contributed by atoms with Crippen molar-refractivity contribution in [3.63, 3.8) is 0 Å². The molecule has 2 fully saturated rings. The van der Waals surface area contributed by atoms with E-state index >= 15 is 0 Å². The fourth-order valence-corrected chi connectivity index (χ4v) is 4.59. The van der Waals surface area contributed by atoms with Crippen LogP contribution < -0.4 is 10.2 Å². The van der Waals surface area contributed by atoms with Crippen molar-refractivity contribution in [3.8, 4) is 0 Å². The number of hydrogen-bond donors (Lipinski definition) is 2. The van der Waals surface area contributed by atoms with Gasteiger partial charge in [-0.1, -0.05) is 11.6 Å². The van der Waals surface area contributed by atoms with Gasteiger partial charge in [-0.25, -0.2) is 9.97 Å². The number of aliphatic hydroxyl groups is 1. The minimum absolute atomic E-state index is 0.134. The molecule has 5 rings (SSSR count). The molecule has 2 aliphatic rings. The summed E-state index contributed by atoms with van der Waals surface area (Å²) in [5, 5.41) is 19.6. The molecule has 0 amide bonds. The number of anilines is 3. The number of rotatable bonds is 4. The highest BCUT2D eigenvalue weighted by molar-refractivity contribution is 6.34. The van der Waals surface area contributed by atoms with Gasteiger partial charge in [0.15, 0.2) is 0 Å². The Morgan fingerprint density at radius 2 is 1.87 bits per heavy atom. The van der Waals surface area contributed by atoms with Crippen LogP contribution in [0.3, 0.4) is 0 Å². The molecule has 158 valence electrons. The van der Waals surface area contributed by atoms with E-state index in [2.05, 4.69) is 27.2 Å². The summed E-state index contributed by atoms with van der Waals surface area (Å²) in [6.45, 7) is 5.68. The molecule has 0 radical (unpaired) electrons. The van der Waals surface area contributed by atoms with Crippen molar-refractivity contribution in [1.82, 2.24) is 19.7 Å². The Morgan fingerprint density at radius 3 is 2.57 bits per heavy atom. The molecule has 0 bridgehead atoms. The summed E-state index contributed by atoms with van der Waals surface area (Å²) in [7, 11) is 0. The van der Waals surface area contributed by atoms with Crippen molar-refractivity contribution < 1.29 is 5.11 Å². The van der Waals surface area contributed by atoms with Crippen LogP contribution in [0.2, 0.25) is 5.02 Å². The van der Waals surface area contributed by atoms with Crippen molar-refractivity contribution in [2.75, 3.05) is 23.3 Å². The number of nitrogens with zero attached hydrogens (tertiary/aromatic N) is 5. The fraction of sp³-hybridized carbons (Fsp3) is 0.500. The molecule has 1 aliphatic carbocycles. The molecule has 7 nitrogen and oxygen atoms in total. The molecule has 8 heteroatoms. The second kappa shape index (κ2) is 7.10. The second-order valence-electron chi connectivity index (χ2n) is 9.19. The van der Waals surface area contributed by atoms with E-state index in [0.717, 1.165) is 61.1 Å². The molecular weight excluding hydrogens is 400 g/mol. The lowest BCUT2D eigenvalue weighted by atomic mass is 9.79. The smallest absolute Gasteiger partial charge is 0.227 e. The van der Waals surface area contributed by atoms with Crippen LogP contribution in [0.4, 0.5) is 17.3 Å². The topological polar surface area (TPSA) is 79.1 Å². The van der Waals surface area contributed by atoms with E-state index in [1.165, 1.54) is 6.42 Å². The van der Waals surface area contributed by atoms with Crippen molar-refractivity contribution in [1.29, 1.82) is 0 Å². The highest BCUT2D eigenvalue weighted by atomic mass is 35.5. The highest BCUT2D eigenvalue weighted by Gasteiger charge is 2.34. The standard InChI is InChI=1S/C22H27ClN6O/c1-21(4-3-5-21)29-14-16(13-25-29)26-20-24-12-15-10-17(23)19(11-18(15)27-20)28-8-6-22(2,30)7-9-28/h10-14,30H,3-9H2,1-2H3,(H,24,26,27). The van der Waals surface area contributed by atoms with E-state index in [9.17, 15) is 5.11 Å². The lowest BCUT2D eigenvalue weighted by molar-refractivity contribution is 0.0351. The number of halogens is 1. The first kappa shape index (κ1) is 19.6. The average Bonchev–Trinajstić information content (AvgIpc) is 3.15. The largest absolute Gasteiger partial charge is 0.390 e. The Morgan fingerprint density at radius 1 is 1.10 bits per heavy atom. The van der Waals surface area contributed by atoms with Crippen LogP contribution in [0, 0.1) is 0 Å². The van der Waals surface area contributed by atoms with Crippen LogP contribution >= 0.6 is 11.6 Å². The minimum Gasteiger partial charge on any atom is -0.390 e. The van der Waals surface area contributed by atoms with Crippen molar-refractivity contribution in [2.45, 2.75) is 57.1 Å². The molecule has 1 aliphatic heterocycles. The van der Waals surface area contributed by atoms with E-state index in [1.54, 1.807) is 6.20 Å². The zero-order chi connectivity index (χ0) is 20.9. The Hall–Kier alpha value is -2.38. The van der Waals surface area contributed by atoms with Crippen LogP contribution in [-0.2, 0) is 5.54 Å². The van der Waals surface area contributed by atoms with E-state index in [1.807, 2.05) is 36.1 Å². The third kappa shape index (κ3) is 3.61. The van der Waals surface area contributed by atoms with Gasteiger partial charge in [-0.2, -0.15) is 5.10 Å². The van der Waals surface area contributed by atoms with Gasteiger partial charge in [0.1, 0.15) is 0 Å². The van der Waals surface area contributed by atoms with Gasteiger partial charge in [0.25, 0.3) is 0 Å². The van der Waals surface area contributed by atoms with Crippen LogP contribution in [0.5, 0.6) is 0 Å². The number of hydrogen-bond acceptors (Lipinski definition) is 6. The highest BCUT2D eigenvalue weighted by Crippen LogP contribution is 2.38. The monoisotopic (exact) mass is 426 g/mol. The van der Waals surface area contributed by atoms with E-state index in [0.29, 0.717) is 11.0 Å². The molecule has 30 heavy (non-hydrogen) atoms. The van der Waals surface area contributed by atoms with Crippen molar-refractivity contribution in [3.05, 3.63) is 35.7 Å². The van der Waals surface area contributed by atoms with Gasteiger partial charge in [0, 0.05) is 30.9 Å². The summed E-state index contributed by atoms with van der Waals surface area (Å²) in [4.78, 5) is 11.4. The Labute approximate surface area is 181 Å². The number of aromatic nitrogens is 4. The number of nitrogens with one attached hydrogen (secondary N) is 1. The Bertz CT molecular complexity index is 1080. The third-order valence-corrected chi connectivity index (χ3v) is 6.95. The van der Waals surface area contributed by atoms with Crippen LogP contribution in [0.1, 0.15) is 46.0 Å². The van der Waals surface area contributed by atoms with Crippen LogP contribution in [-0.4, -0.2) is 43.5 Å². The number of piperidine rings is 1. The minimum atomic E-state index is -0.597. The maximum Gasteiger partial charge on any atom is 0.227 e. The quantitative estimate of drug-likeness (QED) is 0.640. The van der Waals surface area contributed by atoms with Gasteiger partial charge in [0.05, 0.1) is 39.3 Å². The summed E-state index contributed by atoms with van der Waals surface area (Å²) in [6.07, 6.45) is 10.7. The van der Waals surface area contributed by atoms with Gasteiger partial charge < -0.3 is 15.3 Å². The van der Waals surface area contributed by atoms with Gasteiger partial charge >= 0.3 is 0 Å². The summed E-state index contributed by atoms with van der Waals surface area (Å²) >= 11 is 6.56. The summed E-state index contributed by atoms with van der Waals surface area (Å²) in [5.41, 5.74) is 2.21. The van der Waals surface area contributed by atoms with E-state index in [-0.39, 0.29) is 5.54 Å². The molecule has 1 aromatic carbocycles. The molecule has 0 unspecified atom stereocenters. The fourth-order valence-electron chi connectivity index (χ4n) is 4.30. The predicted octanol–water partition coefficient (Wildman–Crippen LogP) is 4.47. The van der Waals surface area contributed by atoms with Crippen LogP contribution in [0.25, 0.3) is 10.9 Å². The molecule has 2 aromatic heterocycles. The molecule has 0 atom stereocenters. The van der Waals surface area contributed by atoms with E-state index in [4.69, 9.17) is 16.6 Å². The molecule has 3 heterocycles. The first-order valence-corrected chi connectivity index (χ1v) is 11.0. The molecule has 1 saturated heterocycles. The predicted molar refractivity (Wildman–Crippen MR) is 120 cm³/mol. The van der Waals surface area contributed by atoms with Crippen molar-refractivity contribution in [2.24, 2.45) is 0 Å². The van der Waals surface area contributed by atoms with Gasteiger partial charge in [-0.05, 0) is 58.1 Å². The normalized spacial score (nSPS) is 20.2. The lowest BCUT2D eigenvalue weighted by Gasteiger charge is -2.38. The van der Waals surface area contributed by atoms with Gasteiger partial charge in [0.2, 0.25) is 5.95 Å². The SMILES string of the molecule is CC1(O)CCN(c2cc3nc(Nc4cnn(C5(C)CCC5)c4)ncc3cc2Cl)CC1. The Balaban J connectivity index is 1.39. The van der Waals surface area contributed by atoms with Crippen molar-refractivity contribution >= 4 is 39.8 Å². The summed E-state index contributed by atoms with van der Waals surface area (Å²) < 4.78 is 2.04. The average molecular weight is 427 g/mol. The maximum absolute atomic E-state index is 10.2. The molecule has 0 spiro atoms. The first-order valence-electron chi connectivity index (χ1n) is 10.6. The zero-order valence-corrected chi connectivity index (χ0v) is 18.2. The zero-order valence-electron chi connectivity index (χ0n) is 17.4.